The van der Waals surface area contributed by atoms with E-state index in [-0.39, 0.29) is 6.10 Å². The molecule has 3 fully saturated rings. The number of aromatic carboxylic acids is 1. The van der Waals surface area contributed by atoms with Crippen LogP contribution in [0.5, 0.6) is 0 Å². The maximum absolute atomic E-state index is 11.5. The van der Waals surface area contributed by atoms with Gasteiger partial charge >= 0.3 is 5.97 Å². The molecule has 1 saturated heterocycles. The number of anilines is 1. The van der Waals surface area contributed by atoms with E-state index in [0.29, 0.717) is 44.9 Å². The van der Waals surface area contributed by atoms with Gasteiger partial charge < -0.3 is 23.8 Å². The number of nitrogens with zero attached hydrogens (tertiary/aromatic N) is 3. The van der Waals surface area contributed by atoms with Crippen molar-refractivity contribution in [2.45, 2.75) is 57.2 Å². The lowest BCUT2D eigenvalue weighted by molar-refractivity contribution is -0.0979. The van der Waals surface area contributed by atoms with Gasteiger partial charge in [0.2, 0.25) is 0 Å². The molecule has 1 N–H and O–H groups in total. The second-order valence-electron chi connectivity index (χ2n) is 11.7. The number of hydrogen-bond donors (Lipinski definition) is 1. The number of hydrogen-bond acceptors (Lipinski definition) is 5. The number of rotatable bonds is 7. The zero-order valence-electron chi connectivity index (χ0n) is 22.3. The number of aromatic nitrogens is 2. The SMILES string of the molecule is Cn1c(C(=O)O)cc2cc(N3CCC4(CC3)CC(OCc3c(-c5c(Cl)cccc5Cl)noc3C3CC3)C4)ccc21. The highest BCUT2D eigenvalue weighted by atomic mass is 35.5. The Morgan fingerprint density at radius 2 is 1.85 bits per heavy atom. The molecule has 2 aromatic heterocycles. The van der Waals surface area contributed by atoms with Crippen LogP contribution in [0.2, 0.25) is 10.0 Å². The number of fused-ring (bicyclic) bond motifs is 1. The van der Waals surface area contributed by atoms with Crippen LogP contribution in [0.3, 0.4) is 0 Å². The van der Waals surface area contributed by atoms with Crippen LogP contribution in [0.1, 0.15) is 66.3 Å². The van der Waals surface area contributed by atoms with Crippen LogP contribution in [-0.4, -0.2) is 40.0 Å². The van der Waals surface area contributed by atoms with Gasteiger partial charge in [-0.25, -0.2) is 4.79 Å². The average molecular weight is 581 g/mol. The third-order valence-corrected chi connectivity index (χ3v) is 9.82. The van der Waals surface area contributed by atoms with E-state index in [1.54, 1.807) is 17.7 Å². The number of carboxylic acids is 1. The number of aryl methyl sites for hydroxylation is 1. The van der Waals surface area contributed by atoms with Gasteiger partial charge in [0.1, 0.15) is 17.1 Å². The first kappa shape index (κ1) is 25.9. The van der Waals surface area contributed by atoms with Crippen molar-refractivity contribution in [3.8, 4) is 11.3 Å². The number of carboxylic acid groups (broad SMARTS) is 1. The molecule has 2 saturated carbocycles. The van der Waals surface area contributed by atoms with Gasteiger partial charge in [-0.15, -0.1) is 0 Å². The lowest BCUT2D eigenvalue weighted by Gasteiger charge is -2.52. The van der Waals surface area contributed by atoms with Crippen LogP contribution in [0.15, 0.2) is 47.0 Å². The van der Waals surface area contributed by atoms with Crippen molar-refractivity contribution in [3.63, 3.8) is 0 Å². The molecule has 0 amide bonds. The molecule has 3 heterocycles. The predicted molar refractivity (Wildman–Crippen MR) is 156 cm³/mol. The second-order valence-corrected chi connectivity index (χ2v) is 12.5. The molecule has 0 radical (unpaired) electrons. The van der Waals surface area contributed by atoms with E-state index in [1.165, 1.54) is 0 Å². The first-order valence-electron chi connectivity index (χ1n) is 13.9. The zero-order valence-corrected chi connectivity index (χ0v) is 23.8. The summed E-state index contributed by atoms with van der Waals surface area (Å²) in [5.74, 6) is 0.418. The van der Waals surface area contributed by atoms with Crippen molar-refractivity contribution in [1.29, 1.82) is 0 Å². The van der Waals surface area contributed by atoms with E-state index < -0.39 is 5.97 Å². The van der Waals surface area contributed by atoms with Crippen LogP contribution in [0.25, 0.3) is 22.2 Å². The fraction of sp³-hybridized carbons (Fsp3) is 0.419. The minimum Gasteiger partial charge on any atom is -0.477 e. The molecule has 1 aliphatic heterocycles. The lowest BCUT2D eigenvalue weighted by atomic mass is 9.61. The highest BCUT2D eigenvalue weighted by Gasteiger charge is 2.46. The quantitative estimate of drug-likeness (QED) is 0.242. The number of halogens is 2. The Kier molecular flexibility index (Phi) is 6.37. The molecule has 2 aromatic carbocycles. The first-order valence-corrected chi connectivity index (χ1v) is 14.7. The van der Waals surface area contributed by atoms with Gasteiger partial charge in [-0.3, -0.25) is 0 Å². The Balaban J connectivity index is 0.992. The van der Waals surface area contributed by atoms with E-state index in [9.17, 15) is 9.90 Å². The zero-order chi connectivity index (χ0) is 27.6. The highest BCUT2D eigenvalue weighted by molar-refractivity contribution is 6.39. The van der Waals surface area contributed by atoms with Crippen LogP contribution < -0.4 is 4.90 Å². The molecule has 9 heteroatoms. The maximum Gasteiger partial charge on any atom is 0.352 e. The van der Waals surface area contributed by atoms with E-state index >= 15 is 0 Å². The summed E-state index contributed by atoms with van der Waals surface area (Å²) in [6, 6.07) is 13.5. The van der Waals surface area contributed by atoms with Crippen molar-refractivity contribution >= 4 is 45.8 Å². The van der Waals surface area contributed by atoms with Crippen LogP contribution in [0, 0.1) is 5.41 Å². The Labute approximate surface area is 242 Å². The van der Waals surface area contributed by atoms with Crippen molar-refractivity contribution < 1.29 is 19.2 Å². The Morgan fingerprint density at radius 3 is 2.52 bits per heavy atom. The van der Waals surface area contributed by atoms with Gasteiger partial charge in [0, 0.05) is 53.8 Å². The van der Waals surface area contributed by atoms with E-state index in [1.807, 2.05) is 24.3 Å². The summed E-state index contributed by atoms with van der Waals surface area (Å²) in [7, 11) is 1.80. The van der Waals surface area contributed by atoms with Gasteiger partial charge in [0.15, 0.2) is 0 Å². The maximum atomic E-state index is 11.5. The van der Waals surface area contributed by atoms with Gasteiger partial charge in [0.25, 0.3) is 0 Å². The number of ether oxygens (including phenoxy) is 1. The molecule has 0 bridgehead atoms. The Morgan fingerprint density at radius 1 is 1.12 bits per heavy atom. The molecule has 0 unspecified atom stereocenters. The molecular weight excluding hydrogens is 549 g/mol. The van der Waals surface area contributed by atoms with Crippen molar-refractivity contribution in [3.05, 3.63) is 69.5 Å². The molecule has 4 aromatic rings. The molecule has 7 rings (SSSR count). The fourth-order valence-corrected chi connectivity index (χ4v) is 7.24. The number of benzene rings is 2. The van der Waals surface area contributed by atoms with E-state index in [4.69, 9.17) is 32.5 Å². The fourth-order valence-electron chi connectivity index (χ4n) is 6.66. The topological polar surface area (TPSA) is 80.7 Å². The summed E-state index contributed by atoms with van der Waals surface area (Å²) in [5.41, 5.74) is 5.13. The molecule has 40 heavy (non-hydrogen) atoms. The van der Waals surface area contributed by atoms with Crippen molar-refractivity contribution in [2.24, 2.45) is 12.5 Å². The van der Waals surface area contributed by atoms with Gasteiger partial charge in [-0.1, -0.05) is 34.4 Å². The largest absolute Gasteiger partial charge is 0.477 e. The van der Waals surface area contributed by atoms with Crippen LogP contribution >= 0.6 is 23.2 Å². The van der Waals surface area contributed by atoms with Gasteiger partial charge in [0.05, 0.1) is 22.8 Å². The second kappa shape index (κ2) is 9.82. The third-order valence-electron chi connectivity index (χ3n) is 9.19. The standard InChI is InChI=1S/C31H31Cl2N3O4/c1-35-25-8-7-20(13-19(25)14-26(35)30(37)38)36-11-9-31(10-12-36)15-21(16-31)39-17-22-28(34-40-29(22)18-5-6-18)27-23(32)3-2-4-24(27)33/h2-4,7-8,13-14,18,21H,5-6,9-12,15-17H2,1H3,(H,37,38). The Hall–Kier alpha value is -3.00. The minimum atomic E-state index is -0.904. The van der Waals surface area contributed by atoms with E-state index in [0.717, 1.165) is 79.5 Å². The molecule has 3 aliphatic rings. The first-order chi connectivity index (χ1) is 19.3. The van der Waals surface area contributed by atoms with Crippen molar-refractivity contribution in [2.75, 3.05) is 18.0 Å². The molecule has 1 spiro atoms. The monoisotopic (exact) mass is 579 g/mol. The van der Waals surface area contributed by atoms with Gasteiger partial charge in [-0.2, -0.15) is 0 Å². The average Bonchev–Trinajstić information content (AvgIpc) is 3.60. The predicted octanol–water partition coefficient (Wildman–Crippen LogP) is 7.68. The smallest absolute Gasteiger partial charge is 0.352 e. The van der Waals surface area contributed by atoms with Crippen LogP contribution in [0.4, 0.5) is 5.69 Å². The lowest BCUT2D eigenvalue weighted by Crippen LogP contribution is -2.50. The van der Waals surface area contributed by atoms with Gasteiger partial charge in [-0.05, 0) is 80.3 Å². The summed E-state index contributed by atoms with van der Waals surface area (Å²) < 4.78 is 14.0. The summed E-state index contributed by atoms with van der Waals surface area (Å²) >= 11 is 13.0. The van der Waals surface area contributed by atoms with E-state index in [2.05, 4.69) is 22.2 Å². The molecule has 2 aliphatic carbocycles. The Bertz CT molecular complexity index is 1590. The number of piperidine rings is 1. The minimum absolute atomic E-state index is 0.221. The summed E-state index contributed by atoms with van der Waals surface area (Å²) in [5, 5.41) is 15.9. The summed E-state index contributed by atoms with van der Waals surface area (Å²) in [4.78, 5) is 13.9. The highest BCUT2D eigenvalue weighted by Crippen LogP contribution is 2.52. The number of carbonyl (C=O) groups is 1. The molecule has 7 nitrogen and oxygen atoms in total. The summed E-state index contributed by atoms with van der Waals surface area (Å²) in [6.07, 6.45) is 6.82. The van der Waals surface area contributed by atoms with Crippen LogP contribution in [-0.2, 0) is 18.4 Å². The molecular formula is C31H31Cl2N3O4. The summed E-state index contributed by atoms with van der Waals surface area (Å²) in [6.45, 7) is 2.43. The van der Waals surface area contributed by atoms with Crippen molar-refractivity contribution in [1.82, 2.24) is 9.72 Å². The molecule has 208 valence electrons. The normalized spacial score (nSPS) is 18.9. The third kappa shape index (κ3) is 4.48. The molecule has 0 atom stereocenters.